The van der Waals surface area contributed by atoms with Gasteiger partial charge in [-0.1, -0.05) is 33.1 Å². The van der Waals surface area contributed by atoms with Crippen molar-refractivity contribution in [2.24, 2.45) is 0 Å². The first-order valence-corrected chi connectivity index (χ1v) is 8.00. The Kier molecular flexibility index (Phi) is 9.39. The number of unbranched alkanes of at least 4 members (excludes halogenated alkanes) is 2. The van der Waals surface area contributed by atoms with Crippen LogP contribution >= 0.6 is 0 Å². The van der Waals surface area contributed by atoms with Crippen LogP contribution in [-0.4, -0.2) is 29.1 Å². The van der Waals surface area contributed by atoms with Gasteiger partial charge in [0, 0.05) is 26.4 Å². The molecule has 92 valence electrons. The highest BCUT2D eigenvalue weighted by atomic mass is 28.4. The monoisotopic (exact) mass is 234 g/mol. The lowest BCUT2D eigenvalue weighted by molar-refractivity contribution is 0.0801. The van der Waals surface area contributed by atoms with Crippen molar-refractivity contribution in [1.82, 2.24) is 0 Å². The first kappa shape index (κ1) is 15.1. The van der Waals surface area contributed by atoms with Crippen molar-refractivity contribution in [1.29, 1.82) is 0 Å². The van der Waals surface area contributed by atoms with Crippen LogP contribution in [0.1, 0.15) is 46.5 Å². The minimum absolute atomic E-state index is 0.674. The van der Waals surface area contributed by atoms with E-state index < -0.39 is 8.80 Å². The summed E-state index contributed by atoms with van der Waals surface area (Å²) < 4.78 is 17.0. The van der Waals surface area contributed by atoms with E-state index in [0.29, 0.717) is 6.61 Å². The molecule has 0 aromatic heterocycles. The molecule has 0 fully saturated rings. The third-order valence-electron chi connectivity index (χ3n) is 2.30. The summed E-state index contributed by atoms with van der Waals surface area (Å²) in [5, 5.41) is 0. The van der Waals surface area contributed by atoms with E-state index in [1.165, 1.54) is 12.8 Å². The second kappa shape index (κ2) is 9.33. The minimum atomic E-state index is -2.32. The largest absolute Gasteiger partial charge is 0.500 e. The number of hydrogen-bond donors (Lipinski definition) is 0. The summed E-state index contributed by atoms with van der Waals surface area (Å²) in [6, 6.07) is 0.920. The van der Waals surface area contributed by atoms with Gasteiger partial charge in [-0.15, -0.1) is 0 Å². The quantitative estimate of drug-likeness (QED) is 0.429. The van der Waals surface area contributed by atoms with Gasteiger partial charge in [-0.25, -0.2) is 0 Å². The van der Waals surface area contributed by atoms with Gasteiger partial charge in [0.25, 0.3) is 0 Å². The van der Waals surface area contributed by atoms with Crippen LogP contribution in [0.15, 0.2) is 0 Å². The Bertz CT molecular complexity index is 136. The second-order valence-corrected chi connectivity index (χ2v) is 6.48. The molecule has 0 spiro atoms. The van der Waals surface area contributed by atoms with Gasteiger partial charge in [-0.3, -0.25) is 0 Å². The first-order chi connectivity index (χ1) is 7.24. The number of rotatable bonds is 10. The molecule has 0 rings (SSSR count). The fraction of sp³-hybridized carbons (Fsp3) is 1.00. The zero-order chi connectivity index (χ0) is 11.6. The Morgan fingerprint density at radius 2 is 1.67 bits per heavy atom. The number of hydrogen-bond acceptors (Lipinski definition) is 3. The molecule has 0 aliphatic heterocycles. The van der Waals surface area contributed by atoms with Gasteiger partial charge in [0.05, 0.1) is 0 Å². The third-order valence-corrected chi connectivity index (χ3v) is 5.41. The Balaban J connectivity index is 3.96. The van der Waals surface area contributed by atoms with Crippen molar-refractivity contribution in [3.8, 4) is 0 Å². The maximum Gasteiger partial charge on any atom is 0.500 e. The SMILES string of the molecule is CCCCCO[Si](CCC)(OC)OCC. The standard InChI is InChI=1S/C11H26O3Si/c1-5-8-9-10-14-15(12-4,11-6-2)13-7-3/h5-11H2,1-4H3. The fourth-order valence-corrected chi connectivity index (χ4v) is 3.83. The first-order valence-electron chi connectivity index (χ1n) is 6.07. The molecular formula is C11H26O3Si. The van der Waals surface area contributed by atoms with Gasteiger partial charge in [0.2, 0.25) is 0 Å². The molecule has 0 heterocycles. The molecule has 0 amide bonds. The summed E-state index contributed by atoms with van der Waals surface area (Å²) in [7, 11) is -0.614. The van der Waals surface area contributed by atoms with Crippen LogP contribution in [0.25, 0.3) is 0 Å². The van der Waals surface area contributed by atoms with Crippen LogP contribution in [0.2, 0.25) is 6.04 Å². The summed E-state index contributed by atoms with van der Waals surface area (Å²) >= 11 is 0. The Labute approximate surface area is 95.5 Å². The van der Waals surface area contributed by atoms with E-state index in [4.69, 9.17) is 13.3 Å². The van der Waals surface area contributed by atoms with Crippen molar-refractivity contribution >= 4 is 8.80 Å². The lowest BCUT2D eigenvalue weighted by atomic mass is 10.3. The molecule has 1 unspecified atom stereocenters. The summed E-state index contributed by atoms with van der Waals surface area (Å²) in [4.78, 5) is 0. The third kappa shape index (κ3) is 6.30. The van der Waals surface area contributed by atoms with Gasteiger partial charge in [0.1, 0.15) is 0 Å². The minimum Gasteiger partial charge on any atom is -0.377 e. The predicted molar refractivity (Wildman–Crippen MR) is 65.0 cm³/mol. The van der Waals surface area contributed by atoms with Crippen molar-refractivity contribution in [2.45, 2.75) is 52.5 Å². The molecule has 0 saturated heterocycles. The van der Waals surface area contributed by atoms with Crippen LogP contribution in [0.4, 0.5) is 0 Å². The lowest BCUT2D eigenvalue weighted by Gasteiger charge is -2.27. The lowest BCUT2D eigenvalue weighted by Crippen LogP contribution is -2.45. The molecule has 0 bridgehead atoms. The van der Waals surface area contributed by atoms with E-state index in [0.717, 1.165) is 25.5 Å². The van der Waals surface area contributed by atoms with Crippen molar-refractivity contribution < 1.29 is 13.3 Å². The second-order valence-electron chi connectivity index (χ2n) is 3.63. The van der Waals surface area contributed by atoms with Crippen LogP contribution in [-0.2, 0) is 13.3 Å². The molecule has 1 atom stereocenters. The van der Waals surface area contributed by atoms with Crippen LogP contribution in [0, 0.1) is 0 Å². The molecule has 0 radical (unpaired) electrons. The molecule has 15 heavy (non-hydrogen) atoms. The molecule has 0 aliphatic rings. The summed E-state index contributed by atoms with van der Waals surface area (Å²) in [5.74, 6) is 0. The molecular weight excluding hydrogens is 208 g/mol. The highest BCUT2D eigenvalue weighted by molar-refractivity contribution is 6.60. The molecule has 4 heteroatoms. The average molecular weight is 234 g/mol. The van der Waals surface area contributed by atoms with E-state index in [1.807, 2.05) is 6.92 Å². The maximum absolute atomic E-state index is 5.86. The van der Waals surface area contributed by atoms with Crippen molar-refractivity contribution in [2.75, 3.05) is 20.3 Å². The van der Waals surface area contributed by atoms with E-state index in [1.54, 1.807) is 7.11 Å². The van der Waals surface area contributed by atoms with E-state index in [-0.39, 0.29) is 0 Å². The predicted octanol–water partition coefficient (Wildman–Crippen LogP) is 3.23. The van der Waals surface area contributed by atoms with Gasteiger partial charge in [0.15, 0.2) is 0 Å². The highest BCUT2D eigenvalue weighted by Crippen LogP contribution is 2.17. The normalized spacial score (nSPS) is 15.2. The average Bonchev–Trinajstić information content (AvgIpc) is 2.25. The topological polar surface area (TPSA) is 27.7 Å². The Morgan fingerprint density at radius 3 is 2.13 bits per heavy atom. The Hall–Kier alpha value is 0.0969. The molecule has 0 aromatic rings. The highest BCUT2D eigenvalue weighted by Gasteiger charge is 2.38. The summed E-state index contributed by atoms with van der Waals surface area (Å²) in [6.07, 6.45) is 4.58. The van der Waals surface area contributed by atoms with Crippen molar-refractivity contribution in [3.63, 3.8) is 0 Å². The Morgan fingerprint density at radius 1 is 0.933 bits per heavy atom. The molecule has 3 nitrogen and oxygen atoms in total. The smallest absolute Gasteiger partial charge is 0.377 e. The fourth-order valence-electron chi connectivity index (χ4n) is 1.51. The van der Waals surface area contributed by atoms with Gasteiger partial charge >= 0.3 is 8.80 Å². The van der Waals surface area contributed by atoms with Gasteiger partial charge in [-0.2, -0.15) is 0 Å². The van der Waals surface area contributed by atoms with E-state index >= 15 is 0 Å². The van der Waals surface area contributed by atoms with E-state index in [2.05, 4.69) is 13.8 Å². The van der Waals surface area contributed by atoms with Gasteiger partial charge in [-0.05, 0) is 13.3 Å². The van der Waals surface area contributed by atoms with Crippen LogP contribution in [0.5, 0.6) is 0 Å². The molecule has 0 aliphatic carbocycles. The van der Waals surface area contributed by atoms with Crippen molar-refractivity contribution in [3.05, 3.63) is 0 Å². The molecule has 0 aromatic carbocycles. The molecule has 0 saturated carbocycles. The maximum atomic E-state index is 5.86. The van der Waals surface area contributed by atoms with Crippen LogP contribution < -0.4 is 0 Å². The summed E-state index contributed by atoms with van der Waals surface area (Å²) in [5.41, 5.74) is 0. The molecule has 0 N–H and O–H groups in total. The summed E-state index contributed by atoms with van der Waals surface area (Å²) in [6.45, 7) is 7.76. The zero-order valence-electron chi connectivity index (χ0n) is 10.7. The van der Waals surface area contributed by atoms with Gasteiger partial charge < -0.3 is 13.3 Å². The van der Waals surface area contributed by atoms with Crippen LogP contribution in [0.3, 0.4) is 0 Å². The van der Waals surface area contributed by atoms with E-state index in [9.17, 15) is 0 Å². The zero-order valence-corrected chi connectivity index (χ0v) is 11.7.